The number of hydrogen-bond donors (Lipinski definition) is 2. The Morgan fingerprint density at radius 3 is 3.18 bits per heavy atom. The highest BCUT2D eigenvalue weighted by Gasteiger charge is 2.35. The maximum absolute atomic E-state index is 10.2. The number of nitrogens with two attached hydrogens (primary N) is 1. The first-order valence-corrected chi connectivity index (χ1v) is 5.12. The molecule has 0 fully saturated rings. The van der Waals surface area contributed by atoms with E-state index < -0.39 is 5.60 Å². The molecule has 1 aliphatic heterocycles. The van der Waals surface area contributed by atoms with Gasteiger partial charge in [0.05, 0.1) is 0 Å². The summed E-state index contributed by atoms with van der Waals surface area (Å²) in [5.74, 6) is 0.923. The Morgan fingerprint density at radius 2 is 2.35 bits per heavy atom. The third-order valence-corrected chi connectivity index (χ3v) is 2.67. The second-order valence-corrected chi connectivity index (χ2v) is 4.20. The lowest BCUT2D eigenvalue weighted by atomic mass is 10.1. The summed E-state index contributed by atoms with van der Waals surface area (Å²) >= 11 is 0. The quantitative estimate of drug-likeness (QED) is 0.614. The van der Waals surface area contributed by atoms with Crippen LogP contribution in [0.2, 0.25) is 0 Å². The fourth-order valence-electron chi connectivity index (χ4n) is 1.79. The van der Waals surface area contributed by atoms with Crippen LogP contribution in [0.15, 0.2) is 18.2 Å². The van der Waals surface area contributed by atoms with Crippen molar-refractivity contribution in [3.8, 4) is 11.4 Å². The SMILES string of the molecule is CC1(O)COc2ccc(N)cc2-n2nnnc21. The van der Waals surface area contributed by atoms with Gasteiger partial charge in [-0.3, -0.25) is 0 Å². The van der Waals surface area contributed by atoms with Crippen molar-refractivity contribution in [1.82, 2.24) is 20.2 Å². The first-order chi connectivity index (χ1) is 8.08. The van der Waals surface area contributed by atoms with E-state index in [0.717, 1.165) is 0 Å². The van der Waals surface area contributed by atoms with Gasteiger partial charge in [0.25, 0.3) is 0 Å². The molecule has 7 heteroatoms. The van der Waals surface area contributed by atoms with E-state index >= 15 is 0 Å². The predicted molar refractivity (Wildman–Crippen MR) is 58.6 cm³/mol. The van der Waals surface area contributed by atoms with Gasteiger partial charge in [0, 0.05) is 5.69 Å². The smallest absolute Gasteiger partial charge is 0.191 e. The van der Waals surface area contributed by atoms with Gasteiger partial charge >= 0.3 is 0 Å². The number of nitrogens with zero attached hydrogens (tertiary/aromatic N) is 4. The Labute approximate surface area is 96.8 Å². The molecule has 3 rings (SSSR count). The first-order valence-electron chi connectivity index (χ1n) is 5.12. The normalized spacial score (nSPS) is 22.2. The van der Waals surface area contributed by atoms with Gasteiger partial charge in [-0.1, -0.05) is 0 Å². The number of fused-ring (bicyclic) bond motifs is 3. The average Bonchev–Trinajstić information content (AvgIpc) is 2.73. The average molecular weight is 233 g/mol. The molecule has 1 aromatic heterocycles. The number of benzene rings is 1. The van der Waals surface area contributed by atoms with E-state index in [1.165, 1.54) is 4.68 Å². The first kappa shape index (κ1) is 10.0. The number of anilines is 1. The van der Waals surface area contributed by atoms with E-state index in [0.29, 0.717) is 22.9 Å². The Balaban J connectivity index is 2.28. The van der Waals surface area contributed by atoms with Crippen LogP contribution in [0.25, 0.3) is 5.69 Å². The van der Waals surface area contributed by atoms with Crippen molar-refractivity contribution < 1.29 is 9.84 Å². The maximum atomic E-state index is 10.2. The lowest BCUT2D eigenvalue weighted by Crippen LogP contribution is -2.31. The molecule has 17 heavy (non-hydrogen) atoms. The zero-order chi connectivity index (χ0) is 12.0. The Bertz CT molecular complexity index is 578. The fraction of sp³-hybridized carbons (Fsp3) is 0.300. The Kier molecular flexibility index (Phi) is 1.87. The van der Waals surface area contributed by atoms with Crippen LogP contribution in [0.5, 0.6) is 5.75 Å². The summed E-state index contributed by atoms with van der Waals surface area (Å²) in [6, 6.07) is 5.16. The standard InChI is InChI=1S/C10H11N5O2/c1-10(16)5-17-8-3-2-6(11)4-7(8)15-9(10)12-13-14-15/h2-4,16H,5,11H2,1H3. The molecule has 1 aliphatic rings. The van der Waals surface area contributed by atoms with E-state index in [1.54, 1.807) is 25.1 Å². The Morgan fingerprint density at radius 1 is 1.53 bits per heavy atom. The molecule has 1 aromatic carbocycles. The van der Waals surface area contributed by atoms with E-state index in [2.05, 4.69) is 15.5 Å². The molecule has 0 aliphatic carbocycles. The van der Waals surface area contributed by atoms with Gasteiger partial charge in [0.1, 0.15) is 18.0 Å². The molecule has 0 bridgehead atoms. The minimum atomic E-state index is -1.24. The number of nitrogen functional groups attached to an aromatic ring is 1. The van der Waals surface area contributed by atoms with Crippen molar-refractivity contribution in [3.63, 3.8) is 0 Å². The number of aliphatic hydroxyl groups is 1. The molecule has 2 aromatic rings. The van der Waals surface area contributed by atoms with Gasteiger partial charge in [-0.05, 0) is 35.5 Å². The topological polar surface area (TPSA) is 99.1 Å². The minimum absolute atomic E-state index is 0.0876. The molecule has 0 radical (unpaired) electrons. The van der Waals surface area contributed by atoms with Gasteiger partial charge < -0.3 is 15.6 Å². The number of aromatic nitrogens is 4. The second kappa shape index (κ2) is 3.17. The molecular weight excluding hydrogens is 222 g/mol. The molecular formula is C10H11N5O2. The summed E-state index contributed by atoms with van der Waals surface area (Å²) in [7, 11) is 0. The van der Waals surface area contributed by atoms with Crippen LogP contribution in [0.1, 0.15) is 12.7 Å². The lowest BCUT2D eigenvalue weighted by Gasteiger charge is -2.17. The fourth-order valence-corrected chi connectivity index (χ4v) is 1.79. The van der Waals surface area contributed by atoms with Gasteiger partial charge in [-0.15, -0.1) is 5.10 Å². The van der Waals surface area contributed by atoms with Crippen LogP contribution >= 0.6 is 0 Å². The van der Waals surface area contributed by atoms with Crippen molar-refractivity contribution in [2.45, 2.75) is 12.5 Å². The molecule has 0 saturated heterocycles. The Hall–Kier alpha value is -2.15. The summed E-state index contributed by atoms with van der Waals surface area (Å²) in [5, 5.41) is 21.5. The van der Waals surface area contributed by atoms with Crippen LogP contribution < -0.4 is 10.5 Å². The molecule has 0 amide bonds. The molecule has 0 spiro atoms. The largest absolute Gasteiger partial charge is 0.488 e. The number of ether oxygens (including phenoxy) is 1. The molecule has 0 saturated carbocycles. The highest BCUT2D eigenvalue weighted by molar-refractivity contribution is 5.56. The van der Waals surface area contributed by atoms with Crippen molar-refractivity contribution in [1.29, 1.82) is 0 Å². The van der Waals surface area contributed by atoms with E-state index in [1.807, 2.05) is 0 Å². The van der Waals surface area contributed by atoms with Gasteiger partial charge in [-0.2, -0.15) is 4.68 Å². The third kappa shape index (κ3) is 1.43. The van der Waals surface area contributed by atoms with Crippen molar-refractivity contribution in [3.05, 3.63) is 24.0 Å². The summed E-state index contributed by atoms with van der Waals surface area (Å²) < 4.78 is 6.97. The lowest BCUT2D eigenvalue weighted by molar-refractivity contribution is 0.00211. The minimum Gasteiger partial charge on any atom is -0.488 e. The molecule has 3 N–H and O–H groups in total. The van der Waals surface area contributed by atoms with Gasteiger partial charge in [0.15, 0.2) is 11.4 Å². The van der Waals surface area contributed by atoms with Crippen LogP contribution in [-0.4, -0.2) is 31.9 Å². The second-order valence-electron chi connectivity index (χ2n) is 4.20. The zero-order valence-electron chi connectivity index (χ0n) is 9.16. The third-order valence-electron chi connectivity index (χ3n) is 2.67. The number of tetrazole rings is 1. The van der Waals surface area contributed by atoms with Crippen LogP contribution in [0.4, 0.5) is 5.69 Å². The summed E-state index contributed by atoms with van der Waals surface area (Å²) in [5.41, 5.74) is 5.69. The van der Waals surface area contributed by atoms with Gasteiger partial charge in [0.2, 0.25) is 0 Å². The molecule has 88 valence electrons. The van der Waals surface area contributed by atoms with E-state index in [-0.39, 0.29) is 6.61 Å². The van der Waals surface area contributed by atoms with E-state index in [9.17, 15) is 5.11 Å². The monoisotopic (exact) mass is 233 g/mol. The maximum Gasteiger partial charge on any atom is 0.191 e. The van der Waals surface area contributed by atoms with Crippen LogP contribution in [0.3, 0.4) is 0 Å². The zero-order valence-corrected chi connectivity index (χ0v) is 9.16. The number of hydrogen-bond acceptors (Lipinski definition) is 6. The highest BCUT2D eigenvalue weighted by atomic mass is 16.5. The van der Waals surface area contributed by atoms with Crippen LogP contribution in [0, 0.1) is 0 Å². The summed E-state index contributed by atoms with van der Waals surface area (Å²) in [6.07, 6.45) is 0. The van der Waals surface area contributed by atoms with Crippen molar-refractivity contribution in [2.24, 2.45) is 0 Å². The van der Waals surface area contributed by atoms with Crippen LogP contribution in [-0.2, 0) is 5.60 Å². The van der Waals surface area contributed by atoms with E-state index in [4.69, 9.17) is 10.5 Å². The van der Waals surface area contributed by atoms with Gasteiger partial charge in [-0.25, -0.2) is 0 Å². The summed E-state index contributed by atoms with van der Waals surface area (Å²) in [4.78, 5) is 0. The molecule has 2 heterocycles. The molecule has 1 atom stereocenters. The predicted octanol–water partition coefficient (Wildman–Crippen LogP) is -0.156. The van der Waals surface area contributed by atoms with Crippen molar-refractivity contribution in [2.75, 3.05) is 12.3 Å². The highest BCUT2D eigenvalue weighted by Crippen LogP contribution is 2.32. The summed E-state index contributed by atoms with van der Waals surface area (Å²) in [6.45, 7) is 1.69. The number of rotatable bonds is 0. The van der Waals surface area contributed by atoms with Crippen molar-refractivity contribution >= 4 is 5.69 Å². The molecule has 7 nitrogen and oxygen atoms in total. The molecule has 1 unspecified atom stereocenters.